The average molecular weight is 740 g/mol. The molecule has 0 spiro atoms. The number of benzene rings is 10. The molecule has 0 amide bonds. The summed E-state index contributed by atoms with van der Waals surface area (Å²) in [5.74, 6) is 0. The highest BCUT2D eigenvalue weighted by Crippen LogP contribution is 2.52. The van der Waals surface area contributed by atoms with Gasteiger partial charge in [0.15, 0.2) is 0 Å². The van der Waals surface area contributed by atoms with Crippen LogP contribution in [0.15, 0.2) is 212 Å². The average Bonchev–Trinajstić information content (AvgIpc) is 3.52. The van der Waals surface area contributed by atoms with Crippen LogP contribution in [-0.2, 0) is 5.41 Å². The van der Waals surface area contributed by atoms with Gasteiger partial charge in [-0.15, -0.1) is 0 Å². The number of fused-ring (bicyclic) bond motifs is 7. The quantitative estimate of drug-likeness (QED) is 0.154. The third kappa shape index (κ3) is 5.46. The lowest BCUT2D eigenvalue weighted by Crippen LogP contribution is -2.16. The Kier molecular flexibility index (Phi) is 7.91. The molecule has 0 N–H and O–H groups in total. The minimum Gasteiger partial charge on any atom is -0.310 e. The molecular formula is C57H41N. The molecule has 0 saturated heterocycles. The fourth-order valence-corrected chi connectivity index (χ4v) is 9.69. The molecule has 11 rings (SSSR count). The minimum absolute atomic E-state index is 0.0947. The Hall–Kier alpha value is -7.22. The summed E-state index contributed by atoms with van der Waals surface area (Å²) in [6.07, 6.45) is 0. The van der Waals surface area contributed by atoms with E-state index in [-0.39, 0.29) is 5.41 Å². The molecule has 1 nitrogen and oxygen atoms in total. The van der Waals surface area contributed by atoms with Crippen molar-refractivity contribution in [2.45, 2.75) is 19.3 Å². The van der Waals surface area contributed by atoms with E-state index in [2.05, 4.69) is 231 Å². The summed E-state index contributed by atoms with van der Waals surface area (Å²) in [6, 6.07) is 78.2. The normalized spacial score (nSPS) is 12.8. The van der Waals surface area contributed by atoms with Crippen molar-refractivity contribution in [3.63, 3.8) is 0 Å². The van der Waals surface area contributed by atoms with Gasteiger partial charge in [0.25, 0.3) is 0 Å². The maximum atomic E-state index is 2.45. The summed E-state index contributed by atoms with van der Waals surface area (Å²) < 4.78 is 0. The van der Waals surface area contributed by atoms with Crippen LogP contribution in [0.5, 0.6) is 0 Å². The van der Waals surface area contributed by atoms with E-state index >= 15 is 0 Å². The summed E-state index contributed by atoms with van der Waals surface area (Å²) >= 11 is 0. The molecule has 0 fully saturated rings. The Balaban J connectivity index is 1.07. The van der Waals surface area contributed by atoms with Gasteiger partial charge >= 0.3 is 0 Å². The van der Waals surface area contributed by atoms with E-state index in [1.165, 1.54) is 88.0 Å². The third-order valence-electron chi connectivity index (χ3n) is 12.4. The maximum absolute atomic E-state index is 2.45. The molecule has 0 aromatic heterocycles. The van der Waals surface area contributed by atoms with Crippen molar-refractivity contribution >= 4 is 49.4 Å². The van der Waals surface area contributed by atoms with Crippen LogP contribution < -0.4 is 4.90 Å². The first-order valence-corrected chi connectivity index (χ1v) is 20.3. The van der Waals surface area contributed by atoms with Crippen molar-refractivity contribution in [3.8, 4) is 44.5 Å². The SMILES string of the molecule is CC1(C)c2ccccc2-c2cccc(-c3ccc(N(c4cccc(-c5cccc(-c6cccc7ccccc67)c5)c4)c4cc5ccccc5c5ccccc45)cc3)c21. The van der Waals surface area contributed by atoms with E-state index in [4.69, 9.17) is 0 Å². The van der Waals surface area contributed by atoms with Gasteiger partial charge in [-0.1, -0.05) is 190 Å². The minimum atomic E-state index is -0.0947. The summed E-state index contributed by atoms with van der Waals surface area (Å²) in [4.78, 5) is 2.45. The molecule has 0 saturated carbocycles. The molecule has 0 atom stereocenters. The summed E-state index contributed by atoms with van der Waals surface area (Å²) in [6.45, 7) is 4.74. The van der Waals surface area contributed by atoms with Crippen LogP contribution in [0.3, 0.4) is 0 Å². The van der Waals surface area contributed by atoms with Gasteiger partial charge < -0.3 is 4.90 Å². The van der Waals surface area contributed by atoms with Crippen molar-refractivity contribution in [3.05, 3.63) is 223 Å². The number of anilines is 3. The molecule has 0 bridgehead atoms. The van der Waals surface area contributed by atoms with E-state index in [0.717, 1.165) is 17.1 Å². The Morgan fingerprint density at radius 3 is 1.74 bits per heavy atom. The Morgan fingerprint density at radius 2 is 0.897 bits per heavy atom. The number of rotatable bonds is 6. The zero-order valence-electron chi connectivity index (χ0n) is 32.7. The molecule has 1 aliphatic carbocycles. The third-order valence-corrected chi connectivity index (χ3v) is 12.4. The lowest BCUT2D eigenvalue weighted by molar-refractivity contribution is 0.662. The smallest absolute Gasteiger partial charge is 0.0546 e. The van der Waals surface area contributed by atoms with Crippen LogP contribution >= 0.6 is 0 Å². The molecule has 1 aliphatic rings. The molecule has 0 unspecified atom stereocenters. The van der Waals surface area contributed by atoms with Crippen LogP contribution in [0.1, 0.15) is 25.0 Å². The van der Waals surface area contributed by atoms with Gasteiger partial charge in [-0.05, 0) is 119 Å². The number of hydrogen-bond acceptors (Lipinski definition) is 1. The highest BCUT2D eigenvalue weighted by molar-refractivity contribution is 6.14. The van der Waals surface area contributed by atoms with Crippen molar-refractivity contribution in [1.82, 2.24) is 0 Å². The molecule has 58 heavy (non-hydrogen) atoms. The Morgan fingerprint density at radius 1 is 0.328 bits per heavy atom. The molecular weight excluding hydrogens is 699 g/mol. The van der Waals surface area contributed by atoms with Gasteiger partial charge in [0.1, 0.15) is 0 Å². The Bertz CT molecular complexity index is 3200. The monoisotopic (exact) mass is 739 g/mol. The maximum Gasteiger partial charge on any atom is 0.0546 e. The molecule has 10 aromatic rings. The highest BCUT2D eigenvalue weighted by Gasteiger charge is 2.37. The van der Waals surface area contributed by atoms with E-state index in [1.54, 1.807) is 0 Å². The van der Waals surface area contributed by atoms with Gasteiger partial charge in [-0.25, -0.2) is 0 Å². The van der Waals surface area contributed by atoms with Crippen LogP contribution in [0.2, 0.25) is 0 Å². The number of nitrogens with zero attached hydrogens (tertiary/aromatic N) is 1. The molecule has 274 valence electrons. The predicted octanol–water partition coefficient (Wildman–Crippen LogP) is 15.9. The fourth-order valence-electron chi connectivity index (χ4n) is 9.69. The first kappa shape index (κ1) is 34.1. The first-order chi connectivity index (χ1) is 28.5. The van der Waals surface area contributed by atoms with E-state index in [9.17, 15) is 0 Å². The molecule has 1 heteroatoms. The summed E-state index contributed by atoms with van der Waals surface area (Å²) in [5.41, 5.74) is 16.1. The zero-order valence-corrected chi connectivity index (χ0v) is 32.7. The molecule has 0 radical (unpaired) electrons. The van der Waals surface area contributed by atoms with Crippen molar-refractivity contribution in [2.24, 2.45) is 0 Å². The van der Waals surface area contributed by atoms with E-state index in [0.29, 0.717) is 0 Å². The molecule has 0 heterocycles. The lowest BCUT2D eigenvalue weighted by Gasteiger charge is -2.28. The van der Waals surface area contributed by atoms with E-state index in [1.807, 2.05) is 0 Å². The first-order valence-electron chi connectivity index (χ1n) is 20.3. The second-order valence-corrected chi connectivity index (χ2v) is 16.1. The molecule has 0 aliphatic heterocycles. The highest BCUT2D eigenvalue weighted by atomic mass is 15.1. The van der Waals surface area contributed by atoms with Crippen molar-refractivity contribution in [1.29, 1.82) is 0 Å². The van der Waals surface area contributed by atoms with Gasteiger partial charge in [0, 0.05) is 22.2 Å². The largest absolute Gasteiger partial charge is 0.310 e. The van der Waals surface area contributed by atoms with Crippen LogP contribution in [0.4, 0.5) is 17.1 Å². The summed E-state index contributed by atoms with van der Waals surface area (Å²) in [7, 11) is 0. The van der Waals surface area contributed by atoms with Crippen LogP contribution in [0, 0.1) is 0 Å². The second kappa shape index (κ2) is 13.5. The molecule has 10 aromatic carbocycles. The van der Waals surface area contributed by atoms with Gasteiger partial charge in [-0.2, -0.15) is 0 Å². The van der Waals surface area contributed by atoms with Gasteiger partial charge in [-0.3, -0.25) is 0 Å². The number of hydrogen-bond donors (Lipinski definition) is 0. The summed E-state index contributed by atoms with van der Waals surface area (Å²) in [5, 5.41) is 7.47. The second-order valence-electron chi connectivity index (χ2n) is 16.1. The Labute approximate surface area is 340 Å². The van der Waals surface area contributed by atoms with Crippen molar-refractivity contribution in [2.75, 3.05) is 4.90 Å². The lowest BCUT2D eigenvalue weighted by atomic mass is 9.79. The topological polar surface area (TPSA) is 3.24 Å². The predicted molar refractivity (Wildman–Crippen MR) is 248 cm³/mol. The van der Waals surface area contributed by atoms with Gasteiger partial charge in [0.2, 0.25) is 0 Å². The van der Waals surface area contributed by atoms with Gasteiger partial charge in [0.05, 0.1) is 5.69 Å². The van der Waals surface area contributed by atoms with Crippen LogP contribution in [0.25, 0.3) is 76.8 Å². The fraction of sp³-hybridized carbons (Fsp3) is 0.0526. The van der Waals surface area contributed by atoms with E-state index < -0.39 is 0 Å². The standard InChI is InChI=1S/C57H41N/c1-57(2)54-30-10-9-25-51(54)53-29-14-28-49(56(53)57)39-31-33-44(34-32-39)58(55-37-43-16-4-6-23-48(43)50-24-7-8-26-52(50)55)45-21-12-19-41(36-45)40-18-11-20-42(35-40)47-27-13-17-38-15-3-5-22-46(38)47/h3-37H,1-2H3. The van der Waals surface area contributed by atoms with Crippen LogP contribution in [-0.4, -0.2) is 0 Å². The van der Waals surface area contributed by atoms with Crippen molar-refractivity contribution < 1.29 is 0 Å². The zero-order chi connectivity index (χ0) is 38.8.